The summed E-state index contributed by atoms with van der Waals surface area (Å²) in [6.45, 7) is 4.70. The maximum absolute atomic E-state index is 11.0. The summed E-state index contributed by atoms with van der Waals surface area (Å²) in [5.41, 5.74) is 1.55. The van der Waals surface area contributed by atoms with Crippen molar-refractivity contribution in [1.29, 1.82) is 0 Å². The summed E-state index contributed by atoms with van der Waals surface area (Å²) in [5.74, 6) is 0.714. The Balaban J connectivity index is 2.08. The second kappa shape index (κ2) is 6.54. The fourth-order valence-corrected chi connectivity index (χ4v) is 3.05. The Morgan fingerprint density at radius 2 is 2.10 bits per heavy atom. The number of rotatable bonds is 5. The number of benzene rings is 1. The Hall–Kier alpha value is -1.46. The van der Waals surface area contributed by atoms with Crippen molar-refractivity contribution in [3.63, 3.8) is 0 Å². The number of nitro benzene ring substituents is 1. The molecule has 0 amide bonds. The Labute approximate surface area is 125 Å². The van der Waals surface area contributed by atoms with E-state index in [1.165, 1.54) is 6.07 Å². The molecule has 1 saturated carbocycles. The Kier molecular flexibility index (Phi) is 4.96. The lowest BCUT2D eigenvalue weighted by molar-refractivity contribution is -0.385. The molecule has 2 N–H and O–H groups in total. The highest BCUT2D eigenvalue weighted by Crippen LogP contribution is 2.32. The van der Waals surface area contributed by atoms with E-state index in [9.17, 15) is 15.2 Å². The summed E-state index contributed by atoms with van der Waals surface area (Å²) >= 11 is 0. The number of hydrogen-bond acceptors (Lipinski definition) is 4. The van der Waals surface area contributed by atoms with E-state index in [0.29, 0.717) is 18.0 Å². The first kappa shape index (κ1) is 15.9. The van der Waals surface area contributed by atoms with Crippen LogP contribution in [0.4, 0.5) is 5.69 Å². The minimum Gasteiger partial charge on any atom is -0.394 e. The zero-order valence-corrected chi connectivity index (χ0v) is 12.8. The van der Waals surface area contributed by atoms with Gasteiger partial charge in [-0.05, 0) is 44.1 Å². The first-order valence-corrected chi connectivity index (χ1v) is 7.56. The van der Waals surface area contributed by atoms with E-state index in [1.54, 1.807) is 13.0 Å². The van der Waals surface area contributed by atoms with E-state index in [-0.39, 0.29) is 22.8 Å². The molecule has 0 saturated heterocycles. The van der Waals surface area contributed by atoms with Crippen LogP contribution in [-0.2, 0) is 6.54 Å². The average Bonchev–Trinajstić information content (AvgIpc) is 2.48. The molecular weight excluding hydrogens is 268 g/mol. The molecule has 1 aromatic carbocycles. The van der Waals surface area contributed by atoms with E-state index in [2.05, 4.69) is 12.2 Å². The van der Waals surface area contributed by atoms with Crippen LogP contribution in [0.3, 0.4) is 0 Å². The van der Waals surface area contributed by atoms with Crippen LogP contribution in [0.5, 0.6) is 0 Å². The fraction of sp³-hybridized carbons (Fsp3) is 0.625. The summed E-state index contributed by atoms with van der Waals surface area (Å²) in [5, 5.41) is 24.2. The molecule has 0 aromatic heterocycles. The minimum absolute atomic E-state index is 0.119. The molecule has 21 heavy (non-hydrogen) atoms. The number of aliphatic hydroxyl groups excluding tert-OH is 1. The maximum Gasteiger partial charge on any atom is 0.272 e. The molecule has 0 heterocycles. The number of aliphatic hydroxyl groups is 1. The van der Waals surface area contributed by atoms with Gasteiger partial charge in [-0.15, -0.1) is 0 Å². The van der Waals surface area contributed by atoms with Crippen molar-refractivity contribution in [2.75, 3.05) is 6.61 Å². The molecule has 0 radical (unpaired) electrons. The number of nitrogens with one attached hydrogen (secondary N) is 1. The number of nitrogens with zero attached hydrogens (tertiary/aromatic N) is 1. The molecule has 0 unspecified atom stereocenters. The van der Waals surface area contributed by atoms with Crippen molar-refractivity contribution in [2.45, 2.75) is 51.6 Å². The topological polar surface area (TPSA) is 75.4 Å². The van der Waals surface area contributed by atoms with E-state index in [4.69, 9.17) is 0 Å². The quantitative estimate of drug-likeness (QED) is 0.646. The molecule has 0 bridgehead atoms. The molecule has 1 fully saturated rings. The molecule has 5 nitrogen and oxygen atoms in total. The highest BCUT2D eigenvalue weighted by Gasteiger charge is 2.33. The standard InChI is InChI=1S/C16H24N2O3/c1-12-6-8-16(11-19,9-7-12)17-10-14-4-3-5-15(13(14)2)18(20)21/h3-5,12,17,19H,6-11H2,1-2H3. The van der Waals surface area contributed by atoms with Crippen molar-refractivity contribution >= 4 is 5.69 Å². The number of hydrogen-bond donors (Lipinski definition) is 2. The Morgan fingerprint density at radius 1 is 1.43 bits per heavy atom. The zero-order chi connectivity index (χ0) is 15.5. The van der Waals surface area contributed by atoms with Gasteiger partial charge in [0.25, 0.3) is 5.69 Å². The highest BCUT2D eigenvalue weighted by atomic mass is 16.6. The SMILES string of the molecule is Cc1c(CNC2(CO)CCC(C)CC2)cccc1[N+](=O)[O-]. The Morgan fingerprint density at radius 3 is 2.67 bits per heavy atom. The van der Waals surface area contributed by atoms with Gasteiger partial charge in [-0.1, -0.05) is 19.1 Å². The molecule has 0 spiro atoms. The van der Waals surface area contributed by atoms with Gasteiger partial charge in [0.15, 0.2) is 0 Å². The molecule has 1 aliphatic rings. The lowest BCUT2D eigenvalue weighted by atomic mass is 9.77. The van der Waals surface area contributed by atoms with Crippen molar-refractivity contribution in [3.05, 3.63) is 39.4 Å². The van der Waals surface area contributed by atoms with E-state index >= 15 is 0 Å². The predicted octanol–water partition coefficient (Wildman–Crippen LogP) is 2.93. The van der Waals surface area contributed by atoms with E-state index in [1.807, 2.05) is 6.07 Å². The van der Waals surface area contributed by atoms with Gasteiger partial charge in [0.1, 0.15) is 0 Å². The van der Waals surface area contributed by atoms with Gasteiger partial charge >= 0.3 is 0 Å². The molecule has 0 atom stereocenters. The third-order valence-electron chi connectivity index (χ3n) is 4.80. The van der Waals surface area contributed by atoms with Gasteiger partial charge in [0.05, 0.1) is 11.5 Å². The number of nitro groups is 1. The minimum atomic E-state index is -0.344. The molecule has 2 rings (SSSR count). The first-order chi connectivity index (χ1) is 9.97. The Bertz CT molecular complexity index is 508. The van der Waals surface area contributed by atoms with Gasteiger partial charge in [0, 0.05) is 23.7 Å². The fourth-order valence-electron chi connectivity index (χ4n) is 3.05. The van der Waals surface area contributed by atoms with Crippen LogP contribution in [-0.4, -0.2) is 22.2 Å². The zero-order valence-electron chi connectivity index (χ0n) is 12.8. The smallest absolute Gasteiger partial charge is 0.272 e. The van der Waals surface area contributed by atoms with Crippen LogP contribution in [0.1, 0.15) is 43.7 Å². The monoisotopic (exact) mass is 292 g/mol. The van der Waals surface area contributed by atoms with Crippen LogP contribution in [0.2, 0.25) is 0 Å². The van der Waals surface area contributed by atoms with Crippen LogP contribution < -0.4 is 5.32 Å². The van der Waals surface area contributed by atoms with Crippen molar-refractivity contribution < 1.29 is 10.0 Å². The largest absolute Gasteiger partial charge is 0.394 e. The van der Waals surface area contributed by atoms with Crippen LogP contribution in [0.15, 0.2) is 18.2 Å². The van der Waals surface area contributed by atoms with Gasteiger partial charge in [-0.2, -0.15) is 0 Å². The van der Waals surface area contributed by atoms with Crippen LogP contribution in [0.25, 0.3) is 0 Å². The van der Waals surface area contributed by atoms with Gasteiger partial charge in [0.2, 0.25) is 0 Å². The normalized spacial score (nSPS) is 25.8. The molecule has 116 valence electrons. The second-order valence-electron chi connectivity index (χ2n) is 6.29. The van der Waals surface area contributed by atoms with Gasteiger partial charge in [-0.25, -0.2) is 0 Å². The van der Waals surface area contributed by atoms with Crippen LogP contribution >= 0.6 is 0 Å². The van der Waals surface area contributed by atoms with Crippen molar-refractivity contribution in [1.82, 2.24) is 5.32 Å². The lowest BCUT2D eigenvalue weighted by Crippen LogP contribution is -2.50. The third-order valence-corrected chi connectivity index (χ3v) is 4.80. The van der Waals surface area contributed by atoms with E-state index in [0.717, 1.165) is 31.2 Å². The van der Waals surface area contributed by atoms with E-state index < -0.39 is 0 Å². The lowest BCUT2D eigenvalue weighted by Gasteiger charge is -2.39. The molecule has 5 heteroatoms. The molecule has 1 aliphatic carbocycles. The van der Waals surface area contributed by atoms with Gasteiger partial charge < -0.3 is 10.4 Å². The van der Waals surface area contributed by atoms with Crippen LogP contribution in [0, 0.1) is 23.0 Å². The highest BCUT2D eigenvalue weighted by molar-refractivity contribution is 5.44. The summed E-state index contributed by atoms with van der Waals surface area (Å²) in [4.78, 5) is 10.6. The second-order valence-corrected chi connectivity index (χ2v) is 6.29. The molecule has 0 aliphatic heterocycles. The third kappa shape index (κ3) is 3.60. The van der Waals surface area contributed by atoms with Gasteiger partial charge in [-0.3, -0.25) is 10.1 Å². The summed E-state index contributed by atoms with van der Waals surface area (Å²) in [6.07, 6.45) is 4.14. The molecular formula is C16H24N2O3. The van der Waals surface area contributed by atoms with Crippen molar-refractivity contribution in [2.24, 2.45) is 5.92 Å². The molecule has 1 aromatic rings. The summed E-state index contributed by atoms with van der Waals surface area (Å²) in [7, 11) is 0. The maximum atomic E-state index is 11.0. The first-order valence-electron chi connectivity index (χ1n) is 7.56. The van der Waals surface area contributed by atoms with Crippen molar-refractivity contribution in [3.8, 4) is 0 Å². The average molecular weight is 292 g/mol. The summed E-state index contributed by atoms with van der Waals surface area (Å²) in [6, 6.07) is 5.16. The summed E-state index contributed by atoms with van der Waals surface area (Å²) < 4.78 is 0. The predicted molar refractivity (Wildman–Crippen MR) is 82.1 cm³/mol.